The van der Waals surface area contributed by atoms with E-state index in [1.807, 2.05) is 6.92 Å². The fraction of sp³-hybridized carbons (Fsp3) is 1.00. The molecule has 3 nitrogen and oxygen atoms in total. The molecule has 66 valence electrons. The predicted molar refractivity (Wildman–Crippen MR) is 45.3 cm³/mol. The number of nitrogens with zero attached hydrogens (tertiary/aromatic N) is 1. The fourth-order valence-corrected chi connectivity index (χ4v) is 1.44. The van der Waals surface area contributed by atoms with Gasteiger partial charge >= 0.3 is 0 Å². The SMILES string of the molecule is CC(O)CCN1CC[C@H](N)C1. The van der Waals surface area contributed by atoms with Crippen LogP contribution in [0.4, 0.5) is 0 Å². The molecule has 1 aliphatic rings. The van der Waals surface area contributed by atoms with Gasteiger partial charge in [0.2, 0.25) is 0 Å². The lowest BCUT2D eigenvalue weighted by molar-refractivity contribution is 0.164. The monoisotopic (exact) mass is 158 g/mol. The zero-order chi connectivity index (χ0) is 8.27. The maximum Gasteiger partial charge on any atom is 0.0524 e. The topological polar surface area (TPSA) is 49.5 Å². The Hall–Kier alpha value is -0.120. The number of hydrogen-bond donors (Lipinski definition) is 2. The van der Waals surface area contributed by atoms with Crippen LogP contribution in [0.15, 0.2) is 0 Å². The van der Waals surface area contributed by atoms with Crippen molar-refractivity contribution in [1.29, 1.82) is 0 Å². The number of likely N-dealkylation sites (tertiary alicyclic amines) is 1. The van der Waals surface area contributed by atoms with Gasteiger partial charge in [0.25, 0.3) is 0 Å². The molecule has 1 unspecified atom stereocenters. The van der Waals surface area contributed by atoms with Crippen molar-refractivity contribution < 1.29 is 5.11 Å². The van der Waals surface area contributed by atoms with Gasteiger partial charge < -0.3 is 15.7 Å². The van der Waals surface area contributed by atoms with Crippen LogP contribution in [0.2, 0.25) is 0 Å². The van der Waals surface area contributed by atoms with Gasteiger partial charge in [-0.25, -0.2) is 0 Å². The van der Waals surface area contributed by atoms with Crippen molar-refractivity contribution in [3.05, 3.63) is 0 Å². The van der Waals surface area contributed by atoms with E-state index >= 15 is 0 Å². The van der Waals surface area contributed by atoms with Crippen LogP contribution in [0, 0.1) is 0 Å². The zero-order valence-electron chi connectivity index (χ0n) is 7.16. The maximum atomic E-state index is 9.02. The average Bonchev–Trinajstić information content (AvgIpc) is 2.31. The first-order valence-electron chi connectivity index (χ1n) is 4.34. The van der Waals surface area contributed by atoms with E-state index in [9.17, 15) is 0 Å². The Morgan fingerprint density at radius 3 is 2.91 bits per heavy atom. The Labute approximate surface area is 68.2 Å². The van der Waals surface area contributed by atoms with Gasteiger partial charge in [-0.05, 0) is 26.3 Å². The van der Waals surface area contributed by atoms with Gasteiger partial charge in [0.1, 0.15) is 0 Å². The summed E-state index contributed by atoms with van der Waals surface area (Å²) in [5.41, 5.74) is 5.73. The molecule has 1 aliphatic heterocycles. The van der Waals surface area contributed by atoms with Crippen LogP contribution in [0.3, 0.4) is 0 Å². The summed E-state index contributed by atoms with van der Waals surface area (Å²) in [6.45, 7) is 4.93. The normalized spacial score (nSPS) is 29.2. The van der Waals surface area contributed by atoms with E-state index in [1.165, 1.54) is 0 Å². The third kappa shape index (κ3) is 3.18. The van der Waals surface area contributed by atoms with Gasteiger partial charge in [0.15, 0.2) is 0 Å². The molecule has 1 fully saturated rings. The summed E-state index contributed by atoms with van der Waals surface area (Å²) < 4.78 is 0. The first-order valence-corrected chi connectivity index (χ1v) is 4.34. The second kappa shape index (κ2) is 4.04. The van der Waals surface area contributed by atoms with Crippen molar-refractivity contribution >= 4 is 0 Å². The molecule has 0 aliphatic carbocycles. The molecule has 1 heterocycles. The molecule has 0 aromatic rings. The summed E-state index contributed by atoms with van der Waals surface area (Å²) >= 11 is 0. The van der Waals surface area contributed by atoms with Gasteiger partial charge in [-0.2, -0.15) is 0 Å². The van der Waals surface area contributed by atoms with Gasteiger partial charge in [0.05, 0.1) is 6.10 Å². The second-order valence-electron chi connectivity index (χ2n) is 3.49. The molecule has 0 saturated carbocycles. The first kappa shape index (κ1) is 8.97. The quantitative estimate of drug-likeness (QED) is 0.597. The van der Waals surface area contributed by atoms with Crippen molar-refractivity contribution in [2.75, 3.05) is 19.6 Å². The third-order valence-corrected chi connectivity index (χ3v) is 2.17. The number of aliphatic hydroxyl groups is 1. The van der Waals surface area contributed by atoms with Gasteiger partial charge in [-0.1, -0.05) is 0 Å². The van der Waals surface area contributed by atoms with Crippen molar-refractivity contribution in [2.45, 2.75) is 31.9 Å². The number of aliphatic hydroxyl groups excluding tert-OH is 1. The summed E-state index contributed by atoms with van der Waals surface area (Å²) in [5.74, 6) is 0. The molecule has 0 radical (unpaired) electrons. The van der Waals surface area contributed by atoms with E-state index in [-0.39, 0.29) is 6.10 Å². The highest BCUT2D eigenvalue weighted by atomic mass is 16.3. The van der Waals surface area contributed by atoms with Crippen molar-refractivity contribution in [3.63, 3.8) is 0 Å². The predicted octanol–water partition coefficient (Wildman–Crippen LogP) is -0.210. The van der Waals surface area contributed by atoms with Crippen LogP contribution in [-0.2, 0) is 0 Å². The van der Waals surface area contributed by atoms with E-state index < -0.39 is 0 Å². The Bertz CT molecular complexity index is 117. The van der Waals surface area contributed by atoms with Crippen molar-refractivity contribution in [2.24, 2.45) is 5.73 Å². The highest BCUT2D eigenvalue weighted by molar-refractivity contribution is 4.77. The summed E-state index contributed by atoms with van der Waals surface area (Å²) in [6.07, 6.45) is 1.80. The average molecular weight is 158 g/mol. The summed E-state index contributed by atoms with van der Waals surface area (Å²) in [7, 11) is 0. The van der Waals surface area contributed by atoms with Gasteiger partial charge in [-0.3, -0.25) is 0 Å². The highest BCUT2D eigenvalue weighted by Gasteiger charge is 2.18. The Morgan fingerprint density at radius 1 is 1.73 bits per heavy atom. The van der Waals surface area contributed by atoms with E-state index in [4.69, 9.17) is 10.8 Å². The molecule has 0 aromatic carbocycles. The third-order valence-electron chi connectivity index (χ3n) is 2.17. The molecule has 0 spiro atoms. The van der Waals surface area contributed by atoms with E-state index in [1.54, 1.807) is 0 Å². The first-order chi connectivity index (χ1) is 5.18. The second-order valence-corrected chi connectivity index (χ2v) is 3.49. The van der Waals surface area contributed by atoms with E-state index in [2.05, 4.69) is 4.90 Å². The van der Waals surface area contributed by atoms with Crippen LogP contribution in [0.25, 0.3) is 0 Å². The largest absolute Gasteiger partial charge is 0.393 e. The molecular formula is C8H18N2O. The lowest BCUT2D eigenvalue weighted by Crippen LogP contribution is -2.28. The lowest BCUT2D eigenvalue weighted by atomic mass is 10.3. The Kier molecular flexibility index (Phi) is 3.30. The van der Waals surface area contributed by atoms with Crippen LogP contribution >= 0.6 is 0 Å². The molecule has 0 amide bonds. The van der Waals surface area contributed by atoms with E-state index in [0.717, 1.165) is 32.5 Å². The minimum Gasteiger partial charge on any atom is -0.393 e. The fourth-order valence-electron chi connectivity index (χ4n) is 1.44. The molecule has 2 atom stereocenters. The number of hydrogen-bond acceptors (Lipinski definition) is 3. The van der Waals surface area contributed by atoms with Crippen LogP contribution < -0.4 is 5.73 Å². The molecule has 3 N–H and O–H groups in total. The Balaban J connectivity index is 2.08. The minimum atomic E-state index is -0.174. The molecule has 3 heteroatoms. The molecule has 1 saturated heterocycles. The lowest BCUT2D eigenvalue weighted by Gasteiger charge is -2.15. The van der Waals surface area contributed by atoms with Crippen molar-refractivity contribution in [1.82, 2.24) is 4.90 Å². The van der Waals surface area contributed by atoms with Crippen molar-refractivity contribution in [3.8, 4) is 0 Å². The summed E-state index contributed by atoms with van der Waals surface area (Å²) in [4.78, 5) is 2.32. The molecule has 1 rings (SSSR count). The molecule has 0 aromatic heterocycles. The minimum absolute atomic E-state index is 0.174. The van der Waals surface area contributed by atoms with E-state index in [0.29, 0.717) is 6.04 Å². The maximum absolute atomic E-state index is 9.02. The molecule has 0 bridgehead atoms. The van der Waals surface area contributed by atoms with Gasteiger partial charge in [0, 0.05) is 19.1 Å². The smallest absolute Gasteiger partial charge is 0.0524 e. The van der Waals surface area contributed by atoms with Crippen LogP contribution in [0.1, 0.15) is 19.8 Å². The standard InChI is InChI=1S/C8H18N2O/c1-7(11)2-4-10-5-3-8(9)6-10/h7-8,11H,2-6,9H2,1H3/t7?,8-/m0/s1. The molecular weight excluding hydrogens is 140 g/mol. The summed E-state index contributed by atoms with van der Waals surface area (Å²) in [5, 5.41) is 9.02. The number of nitrogens with two attached hydrogens (primary N) is 1. The van der Waals surface area contributed by atoms with Crippen LogP contribution in [0.5, 0.6) is 0 Å². The zero-order valence-corrected chi connectivity index (χ0v) is 7.16. The Morgan fingerprint density at radius 2 is 2.45 bits per heavy atom. The summed E-state index contributed by atoms with van der Waals surface area (Å²) in [6, 6.07) is 0.365. The number of rotatable bonds is 3. The molecule has 11 heavy (non-hydrogen) atoms. The van der Waals surface area contributed by atoms with Crippen LogP contribution in [-0.4, -0.2) is 41.8 Å². The highest BCUT2D eigenvalue weighted by Crippen LogP contribution is 2.07. The van der Waals surface area contributed by atoms with Gasteiger partial charge in [-0.15, -0.1) is 0 Å².